The third kappa shape index (κ3) is 5.48. The molecule has 21 heavy (non-hydrogen) atoms. The summed E-state index contributed by atoms with van der Waals surface area (Å²) in [5.41, 5.74) is 0. The van der Waals surface area contributed by atoms with Crippen LogP contribution in [0.5, 0.6) is 0 Å². The number of hydrogen-bond acceptors (Lipinski definition) is 3. The molecule has 118 valence electrons. The molecule has 1 unspecified atom stereocenters. The van der Waals surface area contributed by atoms with Gasteiger partial charge in [0, 0.05) is 6.42 Å². The number of amides is 1. The van der Waals surface area contributed by atoms with Crippen LogP contribution in [0.2, 0.25) is 0 Å². The minimum Gasteiger partial charge on any atom is -0.351 e. The molecule has 1 N–H and O–H groups in total. The van der Waals surface area contributed by atoms with Gasteiger partial charge in [-0.2, -0.15) is 15.0 Å². The van der Waals surface area contributed by atoms with Crippen LogP contribution in [0.3, 0.4) is 0 Å². The van der Waals surface area contributed by atoms with Gasteiger partial charge in [-0.1, -0.05) is 46.0 Å². The van der Waals surface area contributed by atoms with Crippen molar-refractivity contribution in [2.75, 3.05) is 0 Å². The minimum atomic E-state index is 0.0938. The molecule has 0 aromatic carbocycles. The quantitative estimate of drug-likeness (QED) is 0.840. The summed E-state index contributed by atoms with van der Waals surface area (Å²) in [5.74, 6) is 1.30. The highest BCUT2D eigenvalue weighted by Gasteiger charge is 2.19. The fourth-order valence-corrected chi connectivity index (χ4v) is 3.03. The lowest BCUT2D eigenvalue weighted by molar-refractivity contribution is -0.122. The third-order valence-electron chi connectivity index (χ3n) is 4.48. The van der Waals surface area contributed by atoms with E-state index in [0.717, 1.165) is 12.3 Å². The Balaban J connectivity index is 1.75. The topological polar surface area (TPSA) is 59.8 Å². The van der Waals surface area contributed by atoms with Crippen LogP contribution >= 0.6 is 0 Å². The zero-order valence-corrected chi connectivity index (χ0v) is 13.3. The van der Waals surface area contributed by atoms with E-state index in [0.29, 0.717) is 18.9 Å². The van der Waals surface area contributed by atoms with E-state index in [-0.39, 0.29) is 11.9 Å². The van der Waals surface area contributed by atoms with E-state index < -0.39 is 0 Å². The molecule has 1 aromatic heterocycles. The van der Waals surface area contributed by atoms with Crippen molar-refractivity contribution in [3.63, 3.8) is 0 Å². The summed E-state index contributed by atoms with van der Waals surface area (Å²) in [6.45, 7) is 4.88. The summed E-state index contributed by atoms with van der Waals surface area (Å²) in [5, 5.41) is 11.4. The summed E-state index contributed by atoms with van der Waals surface area (Å²) < 4.78 is 0. The van der Waals surface area contributed by atoms with Crippen LogP contribution in [0, 0.1) is 11.8 Å². The van der Waals surface area contributed by atoms with E-state index in [4.69, 9.17) is 0 Å². The number of aromatic nitrogens is 3. The van der Waals surface area contributed by atoms with Gasteiger partial charge < -0.3 is 5.32 Å². The Hall–Kier alpha value is -1.39. The lowest BCUT2D eigenvalue weighted by atomic mass is 9.86. The van der Waals surface area contributed by atoms with E-state index >= 15 is 0 Å². The predicted molar refractivity (Wildman–Crippen MR) is 82.6 cm³/mol. The van der Waals surface area contributed by atoms with Gasteiger partial charge in [0.15, 0.2) is 0 Å². The second kappa shape index (κ2) is 8.15. The van der Waals surface area contributed by atoms with Crippen molar-refractivity contribution < 1.29 is 4.79 Å². The SMILES string of the molecule is CC(C)C(Cn1nccn1)NC(=O)CCC1CCCCC1. The van der Waals surface area contributed by atoms with Crippen LogP contribution in [0.4, 0.5) is 0 Å². The molecule has 1 heterocycles. The molecule has 1 aliphatic rings. The third-order valence-corrected chi connectivity index (χ3v) is 4.48. The van der Waals surface area contributed by atoms with E-state index in [2.05, 4.69) is 29.4 Å². The van der Waals surface area contributed by atoms with Crippen molar-refractivity contribution in [3.8, 4) is 0 Å². The average Bonchev–Trinajstić information content (AvgIpc) is 2.98. The number of carbonyl (C=O) groups excluding carboxylic acids is 1. The second-order valence-electron chi connectivity index (χ2n) is 6.54. The van der Waals surface area contributed by atoms with Gasteiger partial charge in [0.05, 0.1) is 25.0 Å². The van der Waals surface area contributed by atoms with Crippen LogP contribution in [-0.2, 0) is 11.3 Å². The Morgan fingerprint density at radius 3 is 2.52 bits per heavy atom. The standard InChI is InChI=1S/C16H28N4O/c1-13(2)15(12-20-17-10-11-18-20)19-16(21)9-8-14-6-4-3-5-7-14/h10-11,13-15H,3-9,12H2,1-2H3,(H,19,21). The molecular formula is C16H28N4O. The fraction of sp³-hybridized carbons (Fsp3) is 0.812. The lowest BCUT2D eigenvalue weighted by Gasteiger charge is -2.24. The Kier molecular flexibility index (Phi) is 6.21. The monoisotopic (exact) mass is 292 g/mol. The van der Waals surface area contributed by atoms with Crippen LogP contribution in [0.25, 0.3) is 0 Å². The Morgan fingerprint density at radius 1 is 1.24 bits per heavy atom. The molecule has 5 nitrogen and oxygen atoms in total. The maximum Gasteiger partial charge on any atom is 0.220 e. The smallest absolute Gasteiger partial charge is 0.220 e. The van der Waals surface area contributed by atoms with Gasteiger partial charge in [-0.3, -0.25) is 4.79 Å². The number of rotatable bonds is 7. The minimum absolute atomic E-state index is 0.0938. The second-order valence-corrected chi connectivity index (χ2v) is 6.54. The average molecular weight is 292 g/mol. The van der Waals surface area contributed by atoms with E-state index in [1.807, 2.05) is 0 Å². The van der Waals surface area contributed by atoms with Crippen molar-refractivity contribution >= 4 is 5.91 Å². The molecule has 0 saturated heterocycles. The summed E-state index contributed by atoms with van der Waals surface area (Å²) in [6.07, 6.45) is 11.7. The first-order valence-electron chi connectivity index (χ1n) is 8.28. The summed E-state index contributed by atoms with van der Waals surface area (Å²) >= 11 is 0. The molecule has 0 aliphatic heterocycles. The molecule has 5 heteroatoms. The number of nitrogens with one attached hydrogen (secondary N) is 1. The van der Waals surface area contributed by atoms with Gasteiger partial charge in [0.25, 0.3) is 0 Å². The molecule has 1 aromatic rings. The summed E-state index contributed by atoms with van der Waals surface area (Å²) in [4.78, 5) is 13.8. The van der Waals surface area contributed by atoms with Crippen LogP contribution in [0.15, 0.2) is 12.4 Å². The Morgan fingerprint density at radius 2 is 1.90 bits per heavy atom. The molecule has 1 aliphatic carbocycles. The molecule has 1 fully saturated rings. The maximum absolute atomic E-state index is 12.2. The van der Waals surface area contributed by atoms with Gasteiger partial charge in [-0.15, -0.1) is 0 Å². The molecular weight excluding hydrogens is 264 g/mol. The zero-order valence-electron chi connectivity index (χ0n) is 13.3. The number of nitrogens with zero attached hydrogens (tertiary/aromatic N) is 3. The highest BCUT2D eigenvalue weighted by molar-refractivity contribution is 5.76. The highest BCUT2D eigenvalue weighted by atomic mass is 16.1. The molecule has 1 saturated carbocycles. The molecule has 0 bridgehead atoms. The lowest BCUT2D eigenvalue weighted by Crippen LogP contribution is -2.42. The molecule has 1 atom stereocenters. The highest BCUT2D eigenvalue weighted by Crippen LogP contribution is 2.27. The van der Waals surface area contributed by atoms with Crippen LogP contribution in [0.1, 0.15) is 58.8 Å². The maximum atomic E-state index is 12.2. The van der Waals surface area contributed by atoms with Crippen molar-refractivity contribution in [2.24, 2.45) is 11.8 Å². The fourth-order valence-electron chi connectivity index (χ4n) is 3.03. The van der Waals surface area contributed by atoms with Crippen molar-refractivity contribution in [1.82, 2.24) is 20.3 Å². The predicted octanol–water partition coefficient (Wildman–Crippen LogP) is 2.78. The number of hydrogen-bond donors (Lipinski definition) is 1. The van der Waals surface area contributed by atoms with Crippen LogP contribution in [-0.4, -0.2) is 26.9 Å². The zero-order chi connectivity index (χ0) is 15.1. The first kappa shape index (κ1) is 16.0. The van der Waals surface area contributed by atoms with Gasteiger partial charge in [0.1, 0.15) is 0 Å². The molecule has 0 spiro atoms. The van der Waals surface area contributed by atoms with E-state index in [1.165, 1.54) is 32.1 Å². The van der Waals surface area contributed by atoms with Crippen molar-refractivity contribution in [1.29, 1.82) is 0 Å². The normalized spacial score (nSPS) is 17.9. The molecule has 0 radical (unpaired) electrons. The first-order valence-corrected chi connectivity index (χ1v) is 8.28. The van der Waals surface area contributed by atoms with Crippen LogP contribution < -0.4 is 5.32 Å². The van der Waals surface area contributed by atoms with Gasteiger partial charge in [-0.05, 0) is 18.3 Å². The molecule has 1 amide bonds. The van der Waals surface area contributed by atoms with Gasteiger partial charge in [0.2, 0.25) is 5.91 Å². The van der Waals surface area contributed by atoms with E-state index in [9.17, 15) is 4.79 Å². The Bertz CT molecular complexity index is 410. The first-order chi connectivity index (χ1) is 10.1. The van der Waals surface area contributed by atoms with Crippen molar-refractivity contribution in [2.45, 2.75) is 71.4 Å². The van der Waals surface area contributed by atoms with Gasteiger partial charge >= 0.3 is 0 Å². The van der Waals surface area contributed by atoms with Crippen molar-refractivity contribution in [3.05, 3.63) is 12.4 Å². The van der Waals surface area contributed by atoms with Gasteiger partial charge in [-0.25, -0.2) is 0 Å². The Labute approximate surface area is 127 Å². The summed E-state index contributed by atoms with van der Waals surface area (Å²) in [7, 11) is 0. The molecule has 2 rings (SSSR count). The van der Waals surface area contributed by atoms with E-state index in [1.54, 1.807) is 17.2 Å². The summed E-state index contributed by atoms with van der Waals surface area (Å²) in [6, 6.07) is 0.0938. The largest absolute Gasteiger partial charge is 0.351 e. The number of carbonyl (C=O) groups is 1.